The lowest BCUT2D eigenvalue weighted by molar-refractivity contribution is -0.157. The number of likely N-dealkylation sites (tertiary alicyclic amines) is 1. The van der Waals surface area contributed by atoms with E-state index in [1.165, 1.54) is 0 Å². The molecule has 0 aromatic carbocycles. The van der Waals surface area contributed by atoms with Crippen LogP contribution in [0.5, 0.6) is 0 Å². The Labute approximate surface area is 116 Å². The first-order valence-corrected chi connectivity index (χ1v) is 6.45. The molecule has 0 bridgehead atoms. The highest BCUT2D eigenvalue weighted by Gasteiger charge is 2.38. The van der Waals surface area contributed by atoms with E-state index in [9.17, 15) is 18.0 Å². The summed E-state index contributed by atoms with van der Waals surface area (Å²) >= 11 is 3.16. The summed E-state index contributed by atoms with van der Waals surface area (Å²) in [7, 11) is 0. The van der Waals surface area contributed by atoms with Crippen LogP contribution in [0.2, 0.25) is 0 Å². The van der Waals surface area contributed by atoms with Crippen LogP contribution >= 0.6 is 15.9 Å². The Morgan fingerprint density at radius 3 is 2.79 bits per heavy atom. The van der Waals surface area contributed by atoms with Gasteiger partial charge in [-0.15, -0.1) is 0 Å². The molecule has 1 N–H and O–H groups in total. The molecule has 19 heavy (non-hydrogen) atoms. The molecule has 0 saturated carbocycles. The van der Waals surface area contributed by atoms with Crippen LogP contribution in [0.15, 0.2) is 21.2 Å². The first-order chi connectivity index (χ1) is 8.83. The number of furan rings is 1. The topological polar surface area (TPSA) is 45.5 Å². The van der Waals surface area contributed by atoms with Gasteiger partial charge in [-0.05, 0) is 28.1 Å². The Kier molecular flexibility index (Phi) is 4.19. The molecule has 0 aliphatic carbocycles. The fourth-order valence-electron chi connectivity index (χ4n) is 1.97. The molecule has 1 aliphatic heterocycles. The molecule has 2 rings (SSSR count). The lowest BCUT2D eigenvalue weighted by Crippen LogP contribution is -2.37. The van der Waals surface area contributed by atoms with Gasteiger partial charge in [0, 0.05) is 19.0 Å². The molecule has 1 aromatic rings. The summed E-state index contributed by atoms with van der Waals surface area (Å²) in [4.78, 5) is 12.3. The van der Waals surface area contributed by atoms with Gasteiger partial charge in [-0.25, -0.2) is 0 Å². The summed E-state index contributed by atoms with van der Waals surface area (Å²) in [6.07, 6.45) is -4.27. The Bertz CT molecular complexity index is 461. The van der Waals surface area contributed by atoms with Crippen molar-refractivity contribution in [2.75, 3.05) is 13.1 Å². The maximum atomic E-state index is 12.2. The average Bonchev–Trinajstić information content (AvgIpc) is 2.82. The third-order valence-corrected chi connectivity index (χ3v) is 3.20. The van der Waals surface area contributed by atoms with E-state index in [4.69, 9.17) is 4.42 Å². The molecule has 4 nitrogen and oxygen atoms in total. The van der Waals surface area contributed by atoms with E-state index in [1.54, 1.807) is 12.1 Å². The van der Waals surface area contributed by atoms with Gasteiger partial charge in [-0.1, -0.05) is 0 Å². The van der Waals surface area contributed by atoms with Gasteiger partial charge >= 0.3 is 6.18 Å². The predicted octanol–water partition coefficient (Wildman–Crippen LogP) is 2.29. The fraction of sp³-hybridized carbons (Fsp3) is 0.545. The van der Waals surface area contributed by atoms with Gasteiger partial charge < -0.3 is 14.6 Å². The van der Waals surface area contributed by atoms with Crippen molar-refractivity contribution in [3.63, 3.8) is 0 Å². The highest BCUT2D eigenvalue weighted by atomic mass is 79.9. The van der Waals surface area contributed by atoms with Crippen LogP contribution < -0.4 is 5.32 Å². The highest BCUT2D eigenvalue weighted by Crippen LogP contribution is 2.21. The first-order valence-electron chi connectivity index (χ1n) is 5.65. The molecule has 1 aromatic heterocycles. The molecule has 8 heteroatoms. The summed E-state index contributed by atoms with van der Waals surface area (Å²) in [6, 6.07) is 3.20. The molecule has 1 fully saturated rings. The molecule has 1 aliphatic rings. The SMILES string of the molecule is O=C1C[C@@H](NCc2ccc(Br)o2)CN1CC(F)(F)F. The Hall–Kier alpha value is -1.02. The number of alkyl halides is 3. The second-order valence-corrected chi connectivity index (χ2v) is 5.16. The van der Waals surface area contributed by atoms with E-state index in [0.29, 0.717) is 17.0 Å². The van der Waals surface area contributed by atoms with Crippen LogP contribution in [0.1, 0.15) is 12.2 Å². The van der Waals surface area contributed by atoms with Gasteiger partial charge in [-0.3, -0.25) is 4.79 Å². The smallest absolute Gasteiger partial charge is 0.406 e. The number of amides is 1. The van der Waals surface area contributed by atoms with Crippen molar-refractivity contribution in [2.24, 2.45) is 0 Å². The van der Waals surface area contributed by atoms with Crippen molar-refractivity contribution in [2.45, 2.75) is 25.2 Å². The third kappa shape index (κ3) is 4.24. The van der Waals surface area contributed by atoms with Gasteiger partial charge in [0.25, 0.3) is 0 Å². The Balaban J connectivity index is 1.82. The molecule has 1 atom stereocenters. The summed E-state index contributed by atoms with van der Waals surface area (Å²) in [6.45, 7) is -0.736. The molecule has 106 valence electrons. The largest absolute Gasteiger partial charge is 0.453 e. The van der Waals surface area contributed by atoms with Gasteiger partial charge in [0.1, 0.15) is 12.3 Å². The number of nitrogens with zero attached hydrogens (tertiary/aromatic N) is 1. The van der Waals surface area contributed by atoms with E-state index in [2.05, 4.69) is 21.2 Å². The molecule has 0 spiro atoms. The standard InChI is InChI=1S/C11H12BrF3N2O2/c12-9-2-1-8(19-9)4-16-7-3-10(18)17(5-7)6-11(13,14)15/h1-2,7,16H,3-6H2/t7-/m1/s1. The van der Waals surface area contributed by atoms with Crippen molar-refractivity contribution in [1.82, 2.24) is 10.2 Å². The van der Waals surface area contributed by atoms with Gasteiger partial charge in [0.2, 0.25) is 5.91 Å². The minimum atomic E-state index is -4.35. The van der Waals surface area contributed by atoms with Crippen LogP contribution in [-0.2, 0) is 11.3 Å². The second-order valence-electron chi connectivity index (χ2n) is 4.38. The molecule has 0 unspecified atom stereocenters. The van der Waals surface area contributed by atoms with Crippen molar-refractivity contribution in [3.8, 4) is 0 Å². The van der Waals surface area contributed by atoms with Crippen LogP contribution in [-0.4, -0.2) is 36.1 Å². The van der Waals surface area contributed by atoms with Gasteiger partial charge in [-0.2, -0.15) is 13.2 Å². The number of carbonyl (C=O) groups excluding carboxylic acids is 1. The summed E-state index contributed by atoms with van der Waals surface area (Å²) in [5.41, 5.74) is 0. The Morgan fingerprint density at radius 2 is 2.21 bits per heavy atom. The number of nitrogens with one attached hydrogen (secondary N) is 1. The number of carbonyl (C=O) groups is 1. The molecule has 1 saturated heterocycles. The van der Waals surface area contributed by atoms with E-state index >= 15 is 0 Å². The third-order valence-electron chi connectivity index (χ3n) is 2.78. The maximum Gasteiger partial charge on any atom is 0.406 e. The van der Waals surface area contributed by atoms with Crippen molar-refractivity contribution in [3.05, 3.63) is 22.6 Å². The quantitative estimate of drug-likeness (QED) is 0.914. The Morgan fingerprint density at radius 1 is 1.47 bits per heavy atom. The van der Waals surface area contributed by atoms with Crippen LogP contribution in [0.3, 0.4) is 0 Å². The molecular weight excluding hydrogens is 329 g/mol. The molecule has 0 radical (unpaired) electrons. The zero-order chi connectivity index (χ0) is 14.0. The van der Waals surface area contributed by atoms with Crippen molar-refractivity contribution in [1.29, 1.82) is 0 Å². The average molecular weight is 341 g/mol. The zero-order valence-corrected chi connectivity index (χ0v) is 11.4. The highest BCUT2D eigenvalue weighted by molar-refractivity contribution is 9.10. The predicted molar refractivity (Wildman–Crippen MR) is 64.3 cm³/mol. The lowest BCUT2D eigenvalue weighted by atomic mass is 10.2. The normalized spacial score (nSPS) is 20.3. The van der Waals surface area contributed by atoms with Gasteiger partial charge in [0.15, 0.2) is 4.67 Å². The van der Waals surface area contributed by atoms with E-state index in [1.807, 2.05) is 0 Å². The number of hydrogen-bond acceptors (Lipinski definition) is 3. The van der Waals surface area contributed by atoms with E-state index in [0.717, 1.165) is 4.90 Å². The summed E-state index contributed by atoms with van der Waals surface area (Å²) in [5, 5.41) is 3.01. The molecule has 1 amide bonds. The number of hydrogen-bond donors (Lipinski definition) is 1. The van der Waals surface area contributed by atoms with Crippen molar-refractivity contribution >= 4 is 21.8 Å². The van der Waals surface area contributed by atoms with Crippen molar-refractivity contribution < 1.29 is 22.4 Å². The van der Waals surface area contributed by atoms with Crippen LogP contribution in [0.4, 0.5) is 13.2 Å². The minimum Gasteiger partial charge on any atom is -0.453 e. The van der Waals surface area contributed by atoms with E-state index in [-0.39, 0.29) is 19.0 Å². The summed E-state index contributed by atoms with van der Waals surface area (Å²) in [5.74, 6) is 0.184. The monoisotopic (exact) mass is 340 g/mol. The van der Waals surface area contributed by atoms with Crippen LogP contribution in [0, 0.1) is 0 Å². The number of halogens is 4. The lowest BCUT2D eigenvalue weighted by Gasteiger charge is -2.18. The fourth-order valence-corrected chi connectivity index (χ4v) is 2.31. The zero-order valence-electron chi connectivity index (χ0n) is 9.84. The van der Waals surface area contributed by atoms with Gasteiger partial charge in [0.05, 0.1) is 6.54 Å². The van der Waals surface area contributed by atoms with Crippen LogP contribution in [0.25, 0.3) is 0 Å². The number of rotatable bonds is 4. The second kappa shape index (κ2) is 5.54. The summed E-state index contributed by atoms with van der Waals surface area (Å²) < 4.78 is 42.5. The minimum absolute atomic E-state index is 0.0697. The molecule has 2 heterocycles. The molecular formula is C11H12BrF3N2O2. The van der Waals surface area contributed by atoms with E-state index < -0.39 is 18.6 Å². The first kappa shape index (κ1) is 14.4. The maximum absolute atomic E-state index is 12.2.